The van der Waals surface area contributed by atoms with Crippen LogP contribution >= 0.6 is 7.60 Å². The third-order valence-electron chi connectivity index (χ3n) is 1.04. The molecular weight excluding hydrogens is 155 g/mol. The number of hydrogen-bond acceptors (Lipinski definition) is 4. The monoisotopic (exact) mass is 166 g/mol. The van der Waals surface area contributed by atoms with Crippen molar-refractivity contribution in [2.45, 2.75) is 5.85 Å². The molecule has 60 valence electrons. The molecule has 0 aliphatic carbocycles. The molecule has 0 spiro atoms. The van der Waals surface area contributed by atoms with Crippen LogP contribution in [-0.2, 0) is 13.6 Å². The minimum absolute atomic E-state index is 1.10. The van der Waals surface area contributed by atoms with Gasteiger partial charge in [-0.2, -0.15) is 0 Å². The largest absolute Gasteiger partial charge is 0.377 e. The first-order chi connectivity index (χ1) is 4.60. The zero-order valence-corrected chi connectivity index (χ0v) is 6.88. The van der Waals surface area contributed by atoms with Crippen molar-refractivity contribution < 1.29 is 18.7 Å². The SMILES string of the molecule is C=CC(O)P(=O)(OC)OC. The summed E-state index contributed by atoms with van der Waals surface area (Å²) >= 11 is 0. The van der Waals surface area contributed by atoms with Crippen molar-refractivity contribution >= 4 is 7.60 Å². The van der Waals surface area contributed by atoms with E-state index in [9.17, 15) is 4.57 Å². The molecule has 0 aromatic carbocycles. The molecule has 1 N–H and O–H groups in total. The third-order valence-corrected chi connectivity index (χ3v) is 2.92. The average Bonchev–Trinajstić information content (AvgIpc) is 2.01. The predicted molar refractivity (Wildman–Crippen MR) is 37.8 cm³/mol. The Labute approximate surface area is 60.0 Å². The normalized spacial score (nSPS) is 14.7. The van der Waals surface area contributed by atoms with Gasteiger partial charge in [-0.3, -0.25) is 4.57 Å². The molecule has 0 aromatic heterocycles. The molecule has 0 radical (unpaired) electrons. The van der Waals surface area contributed by atoms with Gasteiger partial charge in [0.05, 0.1) is 0 Å². The van der Waals surface area contributed by atoms with Crippen LogP contribution in [0.5, 0.6) is 0 Å². The van der Waals surface area contributed by atoms with Crippen LogP contribution in [0.3, 0.4) is 0 Å². The van der Waals surface area contributed by atoms with E-state index in [1.807, 2.05) is 0 Å². The van der Waals surface area contributed by atoms with E-state index >= 15 is 0 Å². The van der Waals surface area contributed by atoms with Crippen LogP contribution < -0.4 is 0 Å². The Morgan fingerprint density at radius 3 is 2.10 bits per heavy atom. The topological polar surface area (TPSA) is 55.8 Å². The van der Waals surface area contributed by atoms with Crippen molar-refractivity contribution in [2.75, 3.05) is 14.2 Å². The van der Waals surface area contributed by atoms with E-state index in [-0.39, 0.29) is 0 Å². The van der Waals surface area contributed by atoms with Gasteiger partial charge in [-0.15, -0.1) is 0 Å². The molecule has 0 heterocycles. The van der Waals surface area contributed by atoms with E-state index < -0.39 is 13.4 Å². The minimum atomic E-state index is -3.33. The van der Waals surface area contributed by atoms with Crippen molar-refractivity contribution in [2.24, 2.45) is 0 Å². The van der Waals surface area contributed by atoms with Gasteiger partial charge >= 0.3 is 7.60 Å². The van der Waals surface area contributed by atoms with Crippen molar-refractivity contribution in [1.82, 2.24) is 0 Å². The van der Waals surface area contributed by atoms with Crippen molar-refractivity contribution in [3.8, 4) is 0 Å². The van der Waals surface area contributed by atoms with Crippen LogP contribution in [0.2, 0.25) is 0 Å². The Morgan fingerprint density at radius 2 is 2.00 bits per heavy atom. The average molecular weight is 166 g/mol. The summed E-state index contributed by atoms with van der Waals surface area (Å²) in [6.45, 7) is 3.24. The number of hydrogen-bond donors (Lipinski definition) is 1. The van der Waals surface area contributed by atoms with Crippen LogP contribution in [0.25, 0.3) is 0 Å². The molecule has 5 heteroatoms. The van der Waals surface area contributed by atoms with Gasteiger partial charge in [0.15, 0.2) is 5.85 Å². The van der Waals surface area contributed by atoms with Gasteiger partial charge in [0.2, 0.25) is 0 Å². The van der Waals surface area contributed by atoms with Crippen molar-refractivity contribution in [3.05, 3.63) is 12.7 Å². The highest BCUT2D eigenvalue weighted by molar-refractivity contribution is 7.54. The smallest absolute Gasteiger partial charge is 0.362 e. The molecule has 0 rings (SSSR count). The molecule has 0 fully saturated rings. The maximum atomic E-state index is 11.1. The Balaban J connectivity index is 4.32. The highest BCUT2D eigenvalue weighted by Crippen LogP contribution is 2.50. The van der Waals surface area contributed by atoms with E-state index in [4.69, 9.17) is 5.11 Å². The molecule has 0 amide bonds. The second kappa shape index (κ2) is 3.88. The van der Waals surface area contributed by atoms with Gasteiger partial charge in [0.25, 0.3) is 0 Å². The zero-order valence-electron chi connectivity index (χ0n) is 5.98. The fourth-order valence-electron chi connectivity index (χ4n) is 0.420. The third kappa shape index (κ3) is 1.92. The number of rotatable bonds is 4. The van der Waals surface area contributed by atoms with Crippen LogP contribution in [0.4, 0.5) is 0 Å². The molecule has 1 unspecified atom stereocenters. The summed E-state index contributed by atoms with van der Waals surface area (Å²) in [5.41, 5.74) is 0. The summed E-state index contributed by atoms with van der Waals surface area (Å²) in [4.78, 5) is 0. The molecule has 0 saturated heterocycles. The highest BCUT2D eigenvalue weighted by Gasteiger charge is 2.29. The summed E-state index contributed by atoms with van der Waals surface area (Å²) < 4.78 is 20.0. The Bertz CT molecular complexity index is 148. The van der Waals surface area contributed by atoms with Gasteiger partial charge in [-0.05, 0) is 0 Å². The van der Waals surface area contributed by atoms with Gasteiger partial charge in [-0.25, -0.2) is 0 Å². The second-order valence-electron chi connectivity index (χ2n) is 1.55. The fourth-order valence-corrected chi connectivity index (χ4v) is 1.26. The zero-order chi connectivity index (χ0) is 8.20. The van der Waals surface area contributed by atoms with Gasteiger partial charge in [0.1, 0.15) is 0 Å². The van der Waals surface area contributed by atoms with E-state index in [0.29, 0.717) is 0 Å². The minimum Gasteiger partial charge on any atom is -0.377 e. The Hall–Kier alpha value is -0.150. The number of aliphatic hydroxyl groups excluding tert-OH is 1. The first-order valence-corrected chi connectivity index (χ1v) is 4.23. The lowest BCUT2D eigenvalue weighted by atomic mass is 10.7. The van der Waals surface area contributed by atoms with Gasteiger partial charge < -0.3 is 14.2 Å². The highest BCUT2D eigenvalue weighted by atomic mass is 31.2. The molecule has 1 atom stereocenters. The predicted octanol–water partition coefficient (Wildman–Crippen LogP) is 0.977. The molecular formula is C5H11O4P. The van der Waals surface area contributed by atoms with Crippen molar-refractivity contribution in [1.29, 1.82) is 0 Å². The molecule has 4 nitrogen and oxygen atoms in total. The van der Waals surface area contributed by atoms with Gasteiger partial charge in [-0.1, -0.05) is 12.7 Å². The number of aliphatic hydroxyl groups is 1. The first-order valence-electron chi connectivity index (χ1n) is 2.62. The summed E-state index contributed by atoms with van der Waals surface area (Å²) in [5.74, 6) is -1.25. The van der Waals surface area contributed by atoms with Crippen LogP contribution in [0, 0.1) is 0 Å². The summed E-state index contributed by atoms with van der Waals surface area (Å²) in [5, 5.41) is 8.95. The Morgan fingerprint density at radius 1 is 1.60 bits per heavy atom. The second-order valence-corrected chi connectivity index (χ2v) is 3.89. The molecule has 0 aliphatic rings. The molecule has 0 saturated carbocycles. The lowest BCUT2D eigenvalue weighted by Gasteiger charge is -2.15. The molecule has 0 aliphatic heterocycles. The standard InChI is InChI=1S/C5H11O4P/c1-4-5(6)10(7,8-2)9-3/h4-6H,1H2,2-3H3. The van der Waals surface area contributed by atoms with E-state index in [1.54, 1.807) is 0 Å². The van der Waals surface area contributed by atoms with Gasteiger partial charge in [0, 0.05) is 14.2 Å². The molecule has 0 aromatic rings. The van der Waals surface area contributed by atoms with E-state index in [1.165, 1.54) is 14.2 Å². The Kier molecular flexibility index (Phi) is 3.83. The van der Waals surface area contributed by atoms with Crippen LogP contribution in [0.1, 0.15) is 0 Å². The molecule has 10 heavy (non-hydrogen) atoms. The van der Waals surface area contributed by atoms with Crippen molar-refractivity contribution in [3.63, 3.8) is 0 Å². The van der Waals surface area contributed by atoms with Crippen LogP contribution in [-0.4, -0.2) is 25.2 Å². The molecule has 0 bridgehead atoms. The maximum Gasteiger partial charge on any atom is 0.362 e. The first kappa shape index (κ1) is 9.85. The lowest BCUT2D eigenvalue weighted by molar-refractivity contribution is 0.201. The lowest BCUT2D eigenvalue weighted by Crippen LogP contribution is -2.06. The maximum absolute atomic E-state index is 11.1. The van der Waals surface area contributed by atoms with Crippen LogP contribution in [0.15, 0.2) is 12.7 Å². The van der Waals surface area contributed by atoms with E-state index in [0.717, 1.165) is 6.08 Å². The summed E-state index contributed by atoms with van der Waals surface area (Å²) in [6, 6.07) is 0. The quantitative estimate of drug-likeness (QED) is 0.499. The van der Waals surface area contributed by atoms with E-state index in [2.05, 4.69) is 15.6 Å². The fraction of sp³-hybridized carbons (Fsp3) is 0.600. The summed E-state index contributed by atoms with van der Waals surface area (Å²) in [6.07, 6.45) is 1.10. The summed E-state index contributed by atoms with van der Waals surface area (Å²) in [7, 11) is -0.924.